The predicted molar refractivity (Wildman–Crippen MR) is 76.6 cm³/mol. The number of non-ortho nitro benzene ring substituents is 1. The Bertz CT molecular complexity index is 793. The van der Waals surface area contributed by atoms with Gasteiger partial charge in [0.25, 0.3) is 15.7 Å². The lowest BCUT2D eigenvalue weighted by Crippen LogP contribution is -2.16. The lowest BCUT2D eigenvalue weighted by atomic mass is 10.3. The van der Waals surface area contributed by atoms with E-state index in [1.807, 2.05) is 0 Å². The maximum Gasteiger partial charge on any atom is 0.269 e. The number of sulfonamides is 1. The molecule has 2 aromatic rings. The lowest BCUT2D eigenvalue weighted by molar-refractivity contribution is -0.384. The van der Waals surface area contributed by atoms with Crippen molar-refractivity contribution in [2.24, 2.45) is 7.05 Å². The first-order chi connectivity index (χ1) is 9.72. The van der Waals surface area contributed by atoms with Crippen LogP contribution in [0, 0.1) is 24.0 Å². The fourth-order valence-electron chi connectivity index (χ4n) is 1.84. The summed E-state index contributed by atoms with van der Waals surface area (Å²) in [5, 5.41) is 14.7. The third-order valence-electron chi connectivity index (χ3n) is 3.11. The molecule has 0 fully saturated rings. The van der Waals surface area contributed by atoms with E-state index >= 15 is 0 Å². The average molecular weight is 310 g/mol. The number of anilines is 1. The van der Waals surface area contributed by atoms with Crippen molar-refractivity contribution in [3.05, 3.63) is 45.6 Å². The maximum absolute atomic E-state index is 12.3. The second-order valence-electron chi connectivity index (χ2n) is 4.54. The lowest BCUT2D eigenvalue weighted by Gasteiger charge is -2.09. The molecule has 0 aliphatic heterocycles. The molecule has 0 bridgehead atoms. The second kappa shape index (κ2) is 5.17. The molecule has 0 radical (unpaired) electrons. The first-order valence-corrected chi connectivity index (χ1v) is 7.48. The molecule has 2 rings (SSSR count). The van der Waals surface area contributed by atoms with Crippen LogP contribution in [0.3, 0.4) is 0 Å². The van der Waals surface area contributed by atoms with E-state index in [4.69, 9.17) is 0 Å². The van der Waals surface area contributed by atoms with Gasteiger partial charge in [0.05, 0.1) is 15.5 Å². The number of nitrogens with one attached hydrogen (secondary N) is 1. The Labute approximate surface area is 121 Å². The Morgan fingerprint density at radius 1 is 1.24 bits per heavy atom. The zero-order chi connectivity index (χ0) is 15.8. The number of benzene rings is 1. The number of nitro groups is 1. The highest BCUT2D eigenvalue weighted by molar-refractivity contribution is 7.92. The molecular weight excluding hydrogens is 296 g/mol. The van der Waals surface area contributed by atoms with Gasteiger partial charge in [-0.05, 0) is 26.0 Å². The molecule has 0 aliphatic rings. The molecule has 1 aromatic carbocycles. The van der Waals surface area contributed by atoms with Gasteiger partial charge in [-0.15, -0.1) is 0 Å². The minimum absolute atomic E-state index is 0.0497. The number of aryl methyl sites for hydroxylation is 2. The van der Waals surface area contributed by atoms with Crippen LogP contribution < -0.4 is 4.72 Å². The molecule has 0 atom stereocenters. The Morgan fingerprint density at radius 2 is 1.81 bits per heavy atom. The van der Waals surface area contributed by atoms with Gasteiger partial charge in [-0.3, -0.25) is 19.5 Å². The van der Waals surface area contributed by atoms with Crippen LogP contribution in [0.5, 0.6) is 0 Å². The Hall–Kier alpha value is -2.42. The molecule has 0 saturated carbocycles. The van der Waals surface area contributed by atoms with Crippen LogP contribution in [0.15, 0.2) is 29.2 Å². The zero-order valence-electron chi connectivity index (χ0n) is 11.7. The van der Waals surface area contributed by atoms with Crippen LogP contribution in [0.1, 0.15) is 11.3 Å². The summed E-state index contributed by atoms with van der Waals surface area (Å²) >= 11 is 0. The van der Waals surface area contributed by atoms with Crippen LogP contribution >= 0.6 is 0 Å². The topological polar surface area (TPSA) is 107 Å². The molecule has 0 amide bonds. The van der Waals surface area contributed by atoms with Crippen molar-refractivity contribution < 1.29 is 13.3 Å². The van der Waals surface area contributed by atoms with E-state index in [0.29, 0.717) is 5.82 Å². The first-order valence-electron chi connectivity index (χ1n) is 6.00. The van der Waals surface area contributed by atoms with Crippen molar-refractivity contribution in [2.45, 2.75) is 18.7 Å². The van der Waals surface area contributed by atoms with Gasteiger partial charge in [0, 0.05) is 24.7 Å². The molecule has 112 valence electrons. The summed E-state index contributed by atoms with van der Waals surface area (Å²) in [7, 11) is -2.19. The smallest absolute Gasteiger partial charge is 0.263 e. The Balaban J connectivity index is 2.36. The quantitative estimate of drug-likeness (QED) is 0.683. The minimum Gasteiger partial charge on any atom is -0.263 e. The molecule has 21 heavy (non-hydrogen) atoms. The highest BCUT2D eigenvalue weighted by atomic mass is 32.2. The number of hydrogen-bond donors (Lipinski definition) is 1. The molecule has 0 spiro atoms. The number of aromatic nitrogens is 2. The van der Waals surface area contributed by atoms with Crippen LogP contribution in [0.2, 0.25) is 0 Å². The first kappa shape index (κ1) is 15.0. The van der Waals surface area contributed by atoms with Crippen molar-refractivity contribution in [1.82, 2.24) is 9.78 Å². The van der Waals surface area contributed by atoms with E-state index in [-0.39, 0.29) is 10.6 Å². The summed E-state index contributed by atoms with van der Waals surface area (Å²) in [6.45, 7) is 3.54. The Morgan fingerprint density at radius 3 is 2.24 bits per heavy atom. The fraction of sp³-hybridized carbons (Fsp3) is 0.250. The van der Waals surface area contributed by atoms with Crippen molar-refractivity contribution in [3.8, 4) is 0 Å². The van der Waals surface area contributed by atoms with Gasteiger partial charge < -0.3 is 0 Å². The van der Waals surface area contributed by atoms with Crippen molar-refractivity contribution >= 4 is 21.5 Å². The van der Waals surface area contributed by atoms with E-state index in [9.17, 15) is 18.5 Å². The van der Waals surface area contributed by atoms with E-state index in [2.05, 4.69) is 9.82 Å². The third kappa shape index (κ3) is 2.87. The van der Waals surface area contributed by atoms with E-state index in [1.165, 1.54) is 16.8 Å². The van der Waals surface area contributed by atoms with Gasteiger partial charge in [-0.1, -0.05) is 0 Å². The van der Waals surface area contributed by atoms with Crippen LogP contribution in [-0.2, 0) is 17.1 Å². The van der Waals surface area contributed by atoms with Gasteiger partial charge in [-0.25, -0.2) is 8.42 Å². The van der Waals surface area contributed by atoms with Gasteiger partial charge in [0.15, 0.2) is 0 Å². The van der Waals surface area contributed by atoms with Crippen molar-refractivity contribution in [3.63, 3.8) is 0 Å². The molecule has 1 heterocycles. The highest BCUT2D eigenvalue weighted by Crippen LogP contribution is 2.22. The van der Waals surface area contributed by atoms with E-state index in [1.54, 1.807) is 20.9 Å². The fourth-order valence-corrected chi connectivity index (χ4v) is 2.99. The number of rotatable bonds is 4. The number of nitrogens with zero attached hydrogens (tertiary/aromatic N) is 3. The van der Waals surface area contributed by atoms with Gasteiger partial charge in [0.2, 0.25) is 0 Å². The highest BCUT2D eigenvalue weighted by Gasteiger charge is 2.19. The molecule has 1 N–H and O–H groups in total. The number of hydrogen-bond acceptors (Lipinski definition) is 5. The van der Waals surface area contributed by atoms with Crippen LogP contribution in [-0.4, -0.2) is 23.1 Å². The van der Waals surface area contributed by atoms with Crippen LogP contribution in [0.25, 0.3) is 0 Å². The van der Waals surface area contributed by atoms with Gasteiger partial charge in [-0.2, -0.15) is 5.10 Å². The maximum atomic E-state index is 12.3. The minimum atomic E-state index is -3.82. The number of nitro benzene ring substituents is 1. The summed E-state index contributed by atoms with van der Waals surface area (Å²) in [6, 6.07) is 4.68. The molecule has 8 nitrogen and oxygen atoms in total. The summed E-state index contributed by atoms with van der Waals surface area (Å²) in [5.74, 6) is 0.367. The second-order valence-corrected chi connectivity index (χ2v) is 6.22. The summed E-state index contributed by atoms with van der Waals surface area (Å²) < 4.78 is 28.4. The third-order valence-corrected chi connectivity index (χ3v) is 4.47. The van der Waals surface area contributed by atoms with E-state index < -0.39 is 14.9 Å². The SMILES string of the molecule is Cc1nn(C)c(NS(=O)(=O)c2ccc([N+](=O)[O-])cc2)c1C. The molecule has 1 aromatic heterocycles. The monoisotopic (exact) mass is 310 g/mol. The molecule has 9 heteroatoms. The average Bonchev–Trinajstić information content (AvgIpc) is 2.65. The Kier molecular flexibility index (Phi) is 3.69. The zero-order valence-corrected chi connectivity index (χ0v) is 12.5. The molecule has 0 saturated heterocycles. The van der Waals surface area contributed by atoms with Crippen molar-refractivity contribution in [1.29, 1.82) is 0 Å². The van der Waals surface area contributed by atoms with Crippen LogP contribution in [0.4, 0.5) is 11.5 Å². The normalized spacial score (nSPS) is 11.4. The summed E-state index contributed by atoms with van der Waals surface area (Å²) in [6.07, 6.45) is 0. The van der Waals surface area contributed by atoms with Crippen molar-refractivity contribution in [2.75, 3.05) is 4.72 Å². The van der Waals surface area contributed by atoms with E-state index in [0.717, 1.165) is 23.4 Å². The molecule has 0 aliphatic carbocycles. The van der Waals surface area contributed by atoms with Gasteiger partial charge in [0.1, 0.15) is 5.82 Å². The van der Waals surface area contributed by atoms with Gasteiger partial charge >= 0.3 is 0 Å². The molecular formula is C12H14N4O4S. The summed E-state index contributed by atoms with van der Waals surface area (Å²) in [4.78, 5) is 9.94. The summed E-state index contributed by atoms with van der Waals surface area (Å²) in [5.41, 5.74) is 1.28. The largest absolute Gasteiger partial charge is 0.269 e. The molecule has 0 unspecified atom stereocenters. The standard InChI is InChI=1S/C12H14N4O4S/c1-8-9(2)13-15(3)12(8)14-21(19,20)11-6-4-10(5-7-11)16(17)18/h4-7,14H,1-3H3. The predicted octanol–water partition coefficient (Wildman–Crippen LogP) is 1.75.